The fraction of sp³-hybridized carbons (Fsp3) is 0.343. The zero-order valence-electron chi connectivity index (χ0n) is 25.2. The average molecular weight is 599 g/mol. The van der Waals surface area contributed by atoms with Crippen LogP contribution in [0.2, 0.25) is 0 Å². The number of aliphatic hydroxyl groups is 1. The van der Waals surface area contributed by atoms with E-state index in [0.29, 0.717) is 55.6 Å². The summed E-state index contributed by atoms with van der Waals surface area (Å²) >= 11 is 0. The third-order valence-electron chi connectivity index (χ3n) is 8.51. The Hall–Kier alpha value is -4.34. The number of amides is 2. The zero-order valence-corrected chi connectivity index (χ0v) is 25.2. The van der Waals surface area contributed by atoms with Crippen LogP contribution in [0, 0.1) is 11.7 Å². The SMILES string of the molecule is CNCc1ccc(C(=O)N2CCCC(C(O)(CCCNC(=O)OC)c3cccc(F)c3-c3cnc4ccccc4c3)C2)cc1. The molecule has 2 atom stereocenters. The first-order valence-corrected chi connectivity index (χ1v) is 15.0. The van der Waals surface area contributed by atoms with Gasteiger partial charge in [-0.1, -0.05) is 42.5 Å². The minimum absolute atomic E-state index is 0.0985. The molecule has 1 fully saturated rings. The molecular weight excluding hydrogens is 559 g/mol. The van der Waals surface area contributed by atoms with Crippen molar-refractivity contribution >= 4 is 22.9 Å². The van der Waals surface area contributed by atoms with Gasteiger partial charge in [0.25, 0.3) is 5.91 Å². The molecule has 4 aromatic rings. The number of hydrogen-bond acceptors (Lipinski definition) is 6. The second-order valence-electron chi connectivity index (χ2n) is 11.3. The van der Waals surface area contributed by atoms with Crippen LogP contribution in [0.15, 0.2) is 79.0 Å². The highest BCUT2D eigenvalue weighted by Gasteiger charge is 2.43. The minimum Gasteiger partial charge on any atom is -0.453 e. The topological polar surface area (TPSA) is 104 Å². The van der Waals surface area contributed by atoms with Crippen molar-refractivity contribution in [3.8, 4) is 11.1 Å². The maximum atomic E-state index is 15.8. The number of fused-ring (bicyclic) bond motifs is 1. The number of methoxy groups -OCH3 is 1. The Bertz CT molecular complexity index is 1610. The minimum atomic E-state index is -1.50. The third-order valence-corrected chi connectivity index (χ3v) is 8.51. The number of pyridine rings is 1. The molecule has 44 heavy (non-hydrogen) atoms. The lowest BCUT2D eigenvalue weighted by atomic mass is 9.72. The van der Waals surface area contributed by atoms with Gasteiger partial charge >= 0.3 is 6.09 Å². The van der Waals surface area contributed by atoms with E-state index in [1.54, 1.807) is 23.2 Å². The predicted octanol–water partition coefficient (Wildman–Crippen LogP) is 5.64. The number of halogens is 1. The molecule has 0 bridgehead atoms. The highest BCUT2D eigenvalue weighted by molar-refractivity contribution is 5.94. The molecule has 8 nitrogen and oxygen atoms in total. The molecule has 3 N–H and O–H groups in total. The van der Waals surface area contributed by atoms with E-state index in [-0.39, 0.29) is 30.4 Å². The maximum absolute atomic E-state index is 15.8. The Morgan fingerprint density at radius 1 is 1.11 bits per heavy atom. The Morgan fingerprint density at radius 3 is 2.68 bits per heavy atom. The molecule has 1 aliphatic heterocycles. The fourth-order valence-electron chi connectivity index (χ4n) is 6.27. The molecule has 0 spiro atoms. The summed E-state index contributed by atoms with van der Waals surface area (Å²) in [6.07, 6.45) is 3.07. The van der Waals surface area contributed by atoms with Gasteiger partial charge in [-0.25, -0.2) is 9.18 Å². The van der Waals surface area contributed by atoms with Gasteiger partial charge in [0.05, 0.1) is 18.2 Å². The van der Waals surface area contributed by atoms with E-state index in [4.69, 9.17) is 4.74 Å². The molecular formula is C35H39FN4O4. The normalized spacial score (nSPS) is 16.4. The molecule has 1 aliphatic rings. The van der Waals surface area contributed by atoms with Gasteiger partial charge in [-0.3, -0.25) is 9.78 Å². The largest absolute Gasteiger partial charge is 0.453 e. The molecule has 9 heteroatoms. The molecule has 3 aromatic carbocycles. The average Bonchev–Trinajstić information content (AvgIpc) is 3.06. The van der Waals surface area contributed by atoms with Gasteiger partial charge in [0.2, 0.25) is 0 Å². The first-order valence-electron chi connectivity index (χ1n) is 15.0. The van der Waals surface area contributed by atoms with Gasteiger partial charge in [0.15, 0.2) is 0 Å². The number of carbonyl (C=O) groups is 2. The van der Waals surface area contributed by atoms with Crippen molar-refractivity contribution in [3.63, 3.8) is 0 Å². The summed E-state index contributed by atoms with van der Waals surface area (Å²) in [6.45, 7) is 1.86. The van der Waals surface area contributed by atoms with Crippen molar-refractivity contribution in [2.45, 2.75) is 37.8 Å². The van der Waals surface area contributed by atoms with E-state index in [1.807, 2.05) is 61.6 Å². The second-order valence-corrected chi connectivity index (χ2v) is 11.3. The van der Waals surface area contributed by atoms with Crippen LogP contribution in [0.4, 0.5) is 9.18 Å². The lowest BCUT2D eigenvalue weighted by Crippen LogP contribution is -2.48. The number of rotatable bonds is 10. The first-order chi connectivity index (χ1) is 21.3. The van der Waals surface area contributed by atoms with Crippen LogP contribution in [0.25, 0.3) is 22.0 Å². The summed E-state index contributed by atoms with van der Waals surface area (Å²) < 4.78 is 20.5. The molecule has 1 saturated heterocycles. The van der Waals surface area contributed by atoms with E-state index < -0.39 is 17.5 Å². The van der Waals surface area contributed by atoms with Gasteiger partial charge in [0, 0.05) is 60.4 Å². The quantitative estimate of drug-likeness (QED) is 0.204. The van der Waals surface area contributed by atoms with Crippen LogP contribution in [-0.2, 0) is 16.9 Å². The van der Waals surface area contributed by atoms with Crippen molar-refractivity contribution in [2.75, 3.05) is 33.8 Å². The Balaban J connectivity index is 1.50. The fourth-order valence-corrected chi connectivity index (χ4v) is 6.27. The number of carbonyl (C=O) groups excluding carboxylic acids is 2. The molecule has 0 aliphatic carbocycles. The van der Waals surface area contributed by atoms with Gasteiger partial charge in [0.1, 0.15) is 5.82 Å². The van der Waals surface area contributed by atoms with Crippen LogP contribution in [0.1, 0.15) is 47.2 Å². The van der Waals surface area contributed by atoms with E-state index in [9.17, 15) is 14.7 Å². The monoisotopic (exact) mass is 598 g/mol. The standard InChI is InChI=1S/C35H39FN4O4/c1-37-21-24-13-15-25(16-14-24)33(41)40-19-6-9-28(23-40)35(43,17-7-18-38-34(42)44-2)29-10-5-11-30(36)32(29)27-20-26-8-3-4-12-31(26)39-22-27/h3-5,8,10-16,20,22,28,37,43H,6-7,9,17-19,21,23H2,1-2H3,(H,38,42). The van der Waals surface area contributed by atoms with Crippen molar-refractivity contribution in [2.24, 2.45) is 5.92 Å². The summed E-state index contributed by atoms with van der Waals surface area (Å²) in [4.78, 5) is 31.7. The molecule has 1 aromatic heterocycles. The molecule has 230 valence electrons. The summed E-state index contributed by atoms with van der Waals surface area (Å²) in [6, 6.07) is 21.8. The molecule has 0 saturated carbocycles. The summed E-state index contributed by atoms with van der Waals surface area (Å²) in [5.41, 5.74) is 2.26. The third kappa shape index (κ3) is 6.74. The van der Waals surface area contributed by atoms with E-state index in [0.717, 1.165) is 16.5 Å². The molecule has 0 radical (unpaired) electrons. The van der Waals surface area contributed by atoms with Crippen LogP contribution >= 0.6 is 0 Å². The summed E-state index contributed by atoms with van der Waals surface area (Å²) in [5, 5.41) is 19.3. The number of nitrogens with one attached hydrogen (secondary N) is 2. The number of para-hydroxylation sites is 1. The lowest BCUT2D eigenvalue weighted by Gasteiger charge is -2.43. The van der Waals surface area contributed by atoms with Crippen molar-refractivity contribution in [3.05, 3.63) is 102 Å². The van der Waals surface area contributed by atoms with Crippen LogP contribution in [0.5, 0.6) is 0 Å². The van der Waals surface area contributed by atoms with Crippen molar-refractivity contribution in [1.82, 2.24) is 20.5 Å². The van der Waals surface area contributed by atoms with Gasteiger partial charge in [-0.2, -0.15) is 0 Å². The Morgan fingerprint density at radius 2 is 1.91 bits per heavy atom. The van der Waals surface area contributed by atoms with E-state index in [2.05, 4.69) is 15.6 Å². The predicted molar refractivity (Wildman–Crippen MR) is 169 cm³/mol. The summed E-state index contributed by atoms with van der Waals surface area (Å²) in [7, 11) is 3.17. The number of benzene rings is 3. The molecule has 2 heterocycles. The van der Waals surface area contributed by atoms with Crippen LogP contribution in [0.3, 0.4) is 0 Å². The number of hydrogen-bond donors (Lipinski definition) is 3. The number of nitrogens with zero attached hydrogens (tertiary/aromatic N) is 2. The van der Waals surface area contributed by atoms with Crippen LogP contribution < -0.4 is 10.6 Å². The number of aromatic nitrogens is 1. The summed E-state index contributed by atoms with van der Waals surface area (Å²) in [5.74, 6) is -0.939. The van der Waals surface area contributed by atoms with Crippen molar-refractivity contribution in [1.29, 1.82) is 0 Å². The molecule has 2 unspecified atom stereocenters. The number of likely N-dealkylation sites (tertiary alicyclic amines) is 1. The number of ether oxygens (including phenoxy) is 1. The zero-order chi connectivity index (χ0) is 31.1. The number of alkyl carbamates (subject to hydrolysis) is 1. The van der Waals surface area contributed by atoms with Crippen LogP contribution in [-0.4, -0.2) is 60.8 Å². The Labute approximate surface area is 257 Å². The van der Waals surface area contributed by atoms with Gasteiger partial charge in [-0.15, -0.1) is 0 Å². The number of piperidine rings is 1. The highest BCUT2D eigenvalue weighted by atomic mass is 19.1. The van der Waals surface area contributed by atoms with E-state index >= 15 is 4.39 Å². The second kappa shape index (κ2) is 14.0. The first kappa shape index (κ1) is 31.1. The van der Waals surface area contributed by atoms with Crippen molar-refractivity contribution < 1.29 is 23.8 Å². The smallest absolute Gasteiger partial charge is 0.406 e. The van der Waals surface area contributed by atoms with Gasteiger partial charge in [-0.05, 0) is 74.2 Å². The Kier molecular flexibility index (Phi) is 9.87. The maximum Gasteiger partial charge on any atom is 0.406 e. The molecule has 5 rings (SSSR count). The highest BCUT2D eigenvalue weighted by Crippen LogP contribution is 2.44. The van der Waals surface area contributed by atoms with E-state index in [1.165, 1.54) is 13.2 Å². The van der Waals surface area contributed by atoms with Gasteiger partial charge < -0.3 is 25.4 Å². The lowest BCUT2D eigenvalue weighted by molar-refractivity contribution is -0.0564. The molecule has 2 amide bonds.